The Labute approximate surface area is 116 Å². The van der Waals surface area contributed by atoms with Crippen LogP contribution in [-0.4, -0.2) is 12.2 Å². The van der Waals surface area contributed by atoms with Crippen LogP contribution in [0.4, 0.5) is 10.5 Å². The van der Waals surface area contributed by atoms with Crippen LogP contribution < -0.4 is 10.7 Å². The number of carbonyl (C=O) groups is 1. The molecule has 0 aliphatic rings. The highest BCUT2D eigenvalue weighted by atomic mass is 32.1. The molecule has 0 radical (unpaired) electrons. The molecule has 2 aromatic rings. The summed E-state index contributed by atoms with van der Waals surface area (Å²) in [7, 11) is 0. The number of hydrogen-bond acceptors (Lipinski definition) is 3. The van der Waals surface area contributed by atoms with Gasteiger partial charge in [-0.3, -0.25) is 0 Å². The largest absolute Gasteiger partial charge is 0.339 e. The number of para-hydroxylation sites is 1. The fourth-order valence-corrected chi connectivity index (χ4v) is 2.32. The van der Waals surface area contributed by atoms with E-state index in [2.05, 4.69) is 15.8 Å². The zero-order valence-corrected chi connectivity index (χ0v) is 11.6. The molecule has 0 atom stereocenters. The number of hydrazone groups is 1. The normalized spacial score (nSPS) is 10.6. The maximum absolute atomic E-state index is 11.6. The summed E-state index contributed by atoms with van der Waals surface area (Å²) in [6.07, 6.45) is 1.65. The molecular formula is C14H15N3OS. The molecule has 1 heterocycles. The molecular weight excluding hydrogens is 258 g/mol. The van der Waals surface area contributed by atoms with Gasteiger partial charge in [-0.1, -0.05) is 18.2 Å². The van der Waals surface area contributed by atoms with E-state index in [0.717, 1.165) is 21.7 Å². The summed E-state index contributed by atoms with van der Waals surface area (Å²) in [6.45, 7) is 3.94. The Morgan fingerprint density at radius 2 is 2.00 bits per heavy atom. The number of rotatable bonds is 3. The van der Waals surface area contributed by atoms with Crippen LogP contribution in [0.2, 0.25) is 0 Å². The van der Waals surface area contributed by atoms with Gasteiger partial charge in [0.2, 0.25) is 0 Å². The maximum Gasteiger partial charge on any atom is 0.339 e. The molecule has 0 fully saturated rings. The van der Waals surface area contributed by atoms with Crippen LogP contribution in [0.5, 0.6) is 0 Å². The van der Waals surface area contributed by atoms with Crippen LogP contribution in [0.1, 0.15) is 16.0 Å². The lowest BCUT2D eigenvalue weighted by atomic mass is 10.2. The number of hydrogen-bond donors (Lipinski definition) is 2. The van der Waals surface area contributed by atoms with Crippen molar-refractivity contribution in [1.82, 2.24) is 5.43 Å². The van der Waals surface area contributed by atoms with Crippen molar-refractivity contribution in [2.45, 2.75) is 13.8 Å². The molecule has 1 aromatic carbocycles. The first-order valence-electron chi connectivity index (χ1n) is 5.86. The first-order chi connectivity index (χ1) is 9.16. The molecule has 1 aromatic heterocycles. The van der Waals surface area contributed by atoms with E-state index in [-0.39, 0.29) is 6.03 Å². The zero-order valence-electron chi connectivity index (χ0n) is 10.8. The number of thiophene rings is 1. The summed E-state index contributed by atoms with van der Waals surface area (Å²) in [4.78, 5) is 12.7. The van der Waals surface area contributed by atoms with Crippen molar-refractivity contribution in [3.63, 3.8) is 0 Å². The summed E-state index contributed by atoms with van der Waals surface area (Å²) in [5, 5.41) is 8.66. The lowest BCUT2D eigenvalue weighted by Gasteiger charge is -2.06. The third-order valence-electron chi connectivity index (χ3n) is 2.64. The molecule has 0 saturated heterocycles. The van der Waals surface area contributed by atoms with Gasteiger partial charge >= 0.3 is 6.03 Å². The fraction of sp³-hybridized carbons (Fsp3) is 0.143. The number of amides is 2. The van der Waals surface area contributed by atoms with E-state index in [1.165, 1.54) is 0 Å². The van der Waals surface area contributed by atoms with E-state index in [1.807, 2.05) is 49.6 Å². The Hall–Kier alpha value is -2.14. The lowest BCUT2D eigenvalue weighted by molar-refractivity contribution is 0.252. The fourth-order valence-electron chi connectivity index (χ4n) is 1.53. The lowest BCUT2D eigenvalue weighted by Crippen LogP contribution is -2.24. The number of anilines is 1. The van der Waals surface area contributed by atoms with Crippen molar-refractivity contribution < 1.29 is 4.79 Å². The van der Waals surface area contributed by atoms with Gasteiger partial charge in [0, 0.05) is 10.6 Å². The van der Waals surface area contributed by atoms with Gasteiger partial charge in [0.1, 0.15) is 0 Å². The second-order valence-corrected chi connectivity index (χ2v) is 5.05. The first-order valence-corrected chi connectivity index (χ1v) is 6.74. The van der Waals surface area contributed by atoms with Gasteiger partial charge < -0.3 is 5.32 Å². The topological polar surface area (TPSA) is 53.5 Å². The quantitative estimate of drug-likeness (QED) is 0.652. The molecule has 5 heteroatoms. The highest BCUT2D eigenvalue weighted by Crippen LogP contribution is 2.13. The van der Waals surface area contributed by atoms with E-state index in [4.69, 9.17) is 0 Å². The molecule has 98 valence electrons. The van der Waals surface area contributed by atoms with Crippen LogP contribution in [0.25, 0.3) is 0 Å². The molecule has 19 heavy (non-hydrogen) atoms. The highest BCUT2D eigenvalue weighted by Gasteiger charge is 2.02. The monoisotopic (exact) mass is 273 g/mol. The Morgan fingerprint density at radius 1 is 1.21 bits per heavy atom. The molecule has 0 aliphatic heterocycles. The van der Waals surface area contributed by atoms with Crippen molar-refractivity contribution in [3.8, 4) is 0 Å². The Morgan fingerprint density at radius 3 is 2.68 bits per heavy atom. The molecule has 0 aliphatic carbocycles. The summed E-state index contributed by atoms with van der Waals surface area (Å²) in [5.41, 5.74) is 5.39. The molecule has 4 nitrogen and oxygen atoms in total. The average molecular weight is 273 g/mol. The predicted octanol–water partition coefficient (Wildman–Crippen LogP) is 3.52. The zero-order chi connectivity index (χ0) is 13.7. The standard InChI is InChI=1S/C14H15N3OS/c1-10-5-3-4-6-12(10)16-14(18)17-15-9-13-11(2)7-8-19-13/h3-9H,1-2H3,(H2,16,17,18). The minimum Gasteiger partial charge on any atom is -0.306 e. The third kappa shape index (κ3) is 3.66. The van der Waals surface area contributed by atoms with Gasteiger partial charge in [-0.25, -0.2) is 10.2 Å². The van der Waals surface area contributed by atoms with Crippen molar-refractivity contribution >= 4 is 29.3 Å². The maximum atomic E-state index is 11.6. The molecule has 2 amide bonds. The van der Waals surface area contributed by atoms with Gasteiger partial charge in [-0.2, -0.15) is 5.10 Å². The van der Waals surface area contributed by atoms with E-state index in [9.17, 15) is 4.79 Å². The van der Waals surface area contributed by atoms with Crippen LogP contribution in [0, 0.1) is 13.8 Å². The van der Waals surface area contributed by atoms with E-state index in [0.29, 0.717) is 0 Å². The number of carbonyl (C=O) groups excluding carboxylic acids is 1. The molecule has 0 saturated carbocycles. The van der Waals surface area contributed by atoms with Crippen molar-refractivity contribution in [2.24, 2.45) is 5.10 Å². The average Bonchev–Trinajstić information content (AvgIpc) is 2.78. The second-order valence-electron chi connectivity index (χ2n) is 4.11. The summed E-state index contributed by atoms with van der Waals surface area (Å²) < 4.78 is 0. The first kappa shape index (κ1) is 13.3. The Bertz CT molecular complexity index is 604. The van der Waals surface area contributed by atoms with Gasteiger partial charge in [-0.15, -0.1) is 11.3 Å². The number of urea groups is 1. The van der Waals surface area contributed by atoms with Gasteiger partial charge in [-0.05, 0) is 42.5 Å². The summed E-state index contributed by atoms with van der Waals surface area (Å²) >= 11 is 1.59. The Kier molecular flexibility index (Phi) is 4.30. The van der Waals surface area contributed by atoms with Crippen molar-refractivity contribution in [1.29, 1.82) is 0 Å². The van der Waals surface area contributed by atoms with Crippen molar-refractivity contribution in [2.75, 3.05) is 5.32 Å². The minimum absolute atomic E-state index is 0.347. The Balaban J connectivity index is 1.91. The second kappa shape index (κ2) is 6.15. The number of benzene rings is 1. The van der Waals surface area contributed by atoms with Crippen LogP contribution in [0.15, 0.2) is 40.8 Å². The minimum atomic E-state index is -0.347. The van der Waals surface area contributed by atoms with Crippen LogP contribution in [-0.2, 0) is 0 Å². The van der Waals surface area contributed by atoms with Gasteiger partial charge in [0.05, 0.1) is 6.21 Å². The number of nitrogens with zero attached hydrogens (tertiary/aromatic N) is 1. The molecule has 0 spiro atoms. The molecule has 2 N–H and O–H groups in total. The number of aryl methyl sites for hydroxylation is 2. The van der Waals surface area contributed by atoms with Gasteiger partial charge in [0.15, 0.2) is 0 Å². The summed E-state index contributed by atoms with van der Waals surface area (Å²) in [6, 6.07) is 9.26. The van der Waals surface area contributed by atoms with Gasteiger partial charge in [0.25, 0.3) is 0 Å². The van der Waals surface area contributed by atoms with E-state index in [1.54, 1.807) is 17.6 Å². The van der Waals surface area contributed by atoms with Crippen LogP contribution in [0.3, 0.4) is 0 Å². The van der Waals surface area contributed by atoms with E-state index >= 15 is 0 Å². The predicted molar refractivity (Wildman–Crippen MR) is 80.0 cm³/mol. The molecule has 0 bridgehead atoms. The summed E-state index contributed by atoms with van der Waals surface area (Å²) in [5.74, 6) is 0. The SMILES string of the molecule is Cc1ccccc1NC(=O)NN=Cc1sccc1C. The molecule has 0 unspecified atom stereocenters. The van der Waals surface area contributed by atoms with Crippen LogP contribution >= 0.6 is 11.3 Å². The molecule has 2 rings (SSSR count). The number of nitrogens with one attached hydrogen (secondary N) is 2. The highest BCUT2D eigenvalue weighted by molar-refractivity contribution is 7.11. The van der Waals surface area contributed by atoms with E-state index < -0.39 is 0 Å². The van der Waals surface area contributed by atoms with Crippen molar-refractivity contribution in [3.05, 3.63) is 51.7 Å². The smallest absolute Gasteiger partial charge is 0.306 e. The third-order valence-corrected chi connectivity index (χ3v) is 3.60.